The highest BCUT2D eigenvalue weighted by molar-refractivity contribution is 6.20. The number of aromatic nitrogens is 3. The monoisotopic (exact) mass is 707 g/mol. The van der Waals surface area contributed by atoms with Gasteiger partial charge in [0.2, 0.25) is 0 Å². The van der Waals surface area contributed by atoms with E-state index in [1.54, 1.807) is 0 Å². The van der Waals surface area contributed by atoms with Crippen molar-refractivity contribution in [3.05, 3.63) is 167 Å². The number of aryl methyl sites for hydroxylation is 6. The molecule has 9 aromatic rings. The minimum absolute atomic E-state index is 0.972. The molecule has 4 heterocycles. The van der Waals surface area contributed by atoms with Crippen LogP contribution in [0.5, 0.6) is 0 Å². The van der Waals surface area contributed by atoms with E-state index >= 15 is 0 Å². The van der Waals surface area contributed by atoms with E-state index in [9.17, 15) is 0 Å². The minimum atomic E-state index is 0.972. The summed E-state index contributed by atoms with van der Waals surface area (Å²) in [6.45, 7) is 4.35. The summed E-state index contributed by atoms with van der Waals surface area (Å²) in [5, 5.41) is 5.35. The van der Waals surface area contributed by atoms with Crippen LogP contribution in [0.25, 0.3) is 82.8 Å². The summed E-state index contributed by atoms with van der Waals surface area (Å²) in [7, 11) is 2.17. The number of allylic oxidation sites excluding steroid dienone is 1. The lowest BCUT2D eigenvalue weighted by Gasteiger charge is -2.30. The molecule has 0 saturated heterocycles. The van der Waals surface area contributed by atoms with Crippen LogP contribution in [0.15, 0.2) is 134 Å². The fraction of sp³-hybridized carbons (Fsp3) is 0.137. The first kappa shape index (κ1) is 30.9. The van der Waals surface area contributed by atoms with Gasteiger partial charge in [-0.2, -0.15) is 4.57 Å². The Balaban J connectivity index is 1.16. The lowest BCUT2D eigenvalue weighted by atomic mass is 9.74. The summed E-state index contributed by atoms with van der Waals surface area (Å²) in [6, 6.07) is 43.3. The zero-order chi connectivity index (χ0) is 36.5. The third-order valence-corrected chi connectivity index (χ3v) is 12.6. The van der Waals surface area contributed by atoms with E-state index < -0.39 is 0 Å². The maximum absolute atomic E-state index is 4.96. The second-order valence-corrected chi connectivity index (χ2v) is 15.9. The summed E-state index contributed by atoms with van der Waals surface area (Å²) in [5.74, 6) is 2.21. The molecular weight excluding hydrogens is 669 g/mol. The Labute approximate surface area is 319 Å². The molecule has 0 N–H and O–H groups in total. The number of fused-ring (bicyclic) bond motifs is 8. The Morgan fingerprint density at radius 2 is 1.09 bits per heavy atom. The van der Waals surface area contributed by atoms with Crippen LogP contribution >= 0.6 is 0 Å². The van der Waals surface area contributed by atoms with Gasteiger partial charge in [0, 0.05) is 33.3 Å². The Morgan fingerprint density at radius 3 is 1.60 bits per heavy atom. The summed E-state index contributed by atoms with van der Waals surface area (Å²) in [6.07, 6.45) is 10.4. The Morgan fingerprint density at radius 1 is 0.527 bits per heavy atom. The summed E-state index contributed by atoms with van der Waals surface area (Å²) in [4.78, 5) is 4.96. The average molecular weight is 708 g/mol. The van der Waals surface area contributed by atoms with Gasteiger partial charge in [-0.3, -0.25) is 4.57 Å². The lowest BCUT2D eigenvalue weighted by molar-refractivity contribution is -0.434. The largest absolute Gasteiger partial charge is 0.293 e. The van der Waals surface area contributed by atoms with Crippen molar-refractivity contribution in [1.82, 2.24) is 14.1 Å². The first-order valence-corrected chi connectivity index (χ1v) is 19.6. The van der Waals surface area contributed by atoms with E-state index in [2.05, 4.69) is 156 Å². The standard InChI is InChI=1S/C51H39N4/c1-30-8-6-10-32(24-30)34-15-19-44-40(26-34)42-28-36-14-18-39-49-37(13-17-38(48(36)49)50(42)54(44)46-12-4-5-22-52-46)29-43-41-27-35(33-11-7-9-31(2)25-33)16-20-45(41)55(51(39)43)47-21-23-53(47)3/h4-12,15-16,19-29H,13-14,17-18H2,1-3H3/q+1. The Bertz CT molecular complexity index is 3220. The van der Waals surface area contributed by atoms with E-state index in [1.165, 1.54) is 116 Å². The molecule has 0 amide bonds. The number of benzene rings is 6. The molecule has 0 unspecified atom stereocenters. The molecule has 55 heavy (non-hydrogen) atoms. The zero-order valence-corrected chi connectivity index (χ0v) is 31.3. The SMILES string of the molecule is Cc1cccc(-c2ccc3c(c2)c2cc4c5c(c2n3C2=[N+](C)C=C2)CCc2cc3c6cc(-c7cccc(C)c7)ccc6n(-c6ccccn6)c3c(c2-5)CC4)c1. The normalized spacial score (nSPS) is 14.4. The number of hydrogen-bond donors (Lipinski definition) is 0. The third-order valence-electron chi connectivity index (χ3n) is 12.6. The molecule has 0 spiro atoms. The maximum atomic E-state index is 4.96. The van der Waals surface area contributed by atoms with Crippen LogP contribution in [0.2, 0.25) is 0 Å². The molecule has 4 heteroatoms. The molecule has 0 saturated carbocycles. The second-order valence-electron chi connectivity index (χ2n) is 15.9. The molecule has 1 aliphatic heterocycles. The van der Waals surface area contributed by atoms with E-state index in [4.69, 9.17) is 4.98 Å². The maximum Gasteiger partial charge on any atom is 0.290 e. The fourth-order valence-corrected chi connectivity index (χ4v) is 10.2. The number of nitrogens with zero attached hydrogens (tertiary/aromatic N) is 4. The second kappa shape index (κ2) is 11.3. The number of rotatable bonds is 3. The summed E-state index contributed by atoms with van der Waals surface area (Å²) >= 11 is 0. The van der Waals surface area contributed by atoms with Gasteiger partial charge in [-0.15, -0.1) is 0 Å². The predicted octanol–water partition coefficient (Wildman–Crippen LogP) is 11.5. The van der Waals surface area contributed by atoms with Gasteiger partial charge in [-0.25, -0.2) is 9.56 Å². The molecule has 3 aliphatic rings. The Hall–Kier alpha value is -6.52. The number of hydrogen-bond acceptors (Lipinski definition) is 1. The van der Waals surface area contributed by atoms with Crippen molar-refractivity contribution in [3.8, 4) is 39.2 Å². The molecule has 0 atom stereocenters. The van der Waals surface area contributed by atoms with E-state index in [-0.39, 0.29) is 0 Å². The zero-order valence-electron chi connectivity index (χ0n) is 31.3. The Kier molecular flexibility index (Phi) is 6.32. The summed E-state index contributed by atoms with van der Waals surface area (Å²) < 4.78 is 7.27. The van der Waals surface area contributed by atoms with E-state index in [0.29, 0.717) is 0 Å². The molecule has 12 rings (SSSR count). The van der Waals surface area contributed by atoms with Gasteiger partial charge in [0.25, 0.3) is 5.84 Å². The van der Waals surface area contributed by atoms with Crippen LogP contribution in [-0.2, 0) is 25.7 Å². The van der Waals surface area contributed by atoms with Crippen molar-refractivity contribution in [2.24, 2.45) is 0 Å². The van der Waals surface area contributed by atoms with Crippen LogP contribution in [0.3, 0.4) is 0 Å². The molecule has 2 aliphatic carbocycles. The topological polar surface area (TPSA) is 25.8 Å². The highest BCUT2D eigenvalue weighted by atomic mass is 15.2. The van der Waals surface area contributed by atoms with Crippen LogP contribution in [0.1, 0.15) is 33.4 Å². The van der Waals surface area contributed by atoms with Gasteiger partial charge < -0.3 is 0 Å². The quantitative estimate of drug-likeness (QED) is 0.168. The van der Waals surface area contributed by atoms with E-state index in [1.807, 2.05) is 12.3 Å². The molecule has 6 aromatic carbocycles. The highest BCUT2D eigenvalue weighted by Crippen LogP contribution is 2.51. The summed E-state index contributed by atoms with van der Waals surface area (Å²) in [5.41, 5.74) is 21.7. The molecule has 0 fully saturated rings. The average Bonchev–Trinajstić information content (AvgIpc) is 3.71. The van der Waals surface area contributed by atoms with Crippen LogP contribution in [0, 0.1) is 13.8 Å². The molecule has 4 nitrogen and oxygen atoms in total. The first-order chi connectivity index (χ1) is 27.0. The van der Waals surface area contributed by atoms with Gasteiger partial charge in [0.1, 0.15) is 16.9 Å². The minimum Gasteiger partial charge on any atom is -0.293 e. The molecule has 3 aromatic heterocycles. The molecular formula is C51H39N4+. The van der Waals surface area contributed by atoms with Crippen molar-refractivity contribution in [2.75, 3.05) is 7.05 Å². The highest BCUT2D eigenvalue weighted by Gasteiger charge is 2.35. The van der Waals surface area contributed by atoms with Crippen molar-refractivity contribution >= 4 is 49.4 Å². The van der Waals surface area contributed by atoms with Gasteiger partial charge in [-0.05, 0) is 138 Å². The lowest BCUT2D eigenvalue weighted by Crippen LogP contribution is -2.26. The van der Waals surface area contributed by atoms with Gasteiger partial charge in [-0.1, -0.05) is 77.9 Å². The van der Waals surface area contributed by atoms with Crippen molar-refractivity contribution in [2.45, 2.75) is 39.5 Å². The van der Waals surface area contributed by atoms with E-state index in [0.717, 1.165) is 31.5 Å². The van der Waals surface area contributed by atoms with Crippen molar-refractivity contribution in [1.29, 1.82) is 0 Å². The molecule has 262 valence electrons. The van der Waals surface area contributed by atoms with Gasteiger partial charge in [0.15, 0.2) is 0 Å². The third kappa shape index (κ3) is 4.34. The van der Waals surface area contributed by atoms with Gasteiger partial charge >= 0.3 is 0 Å². The van der Waals surface area contributed by atoms with Crippen molar-refractivity contribution < 1.29 is 4.58 Å². The van der Waals surface area contributed by atoms with Crippen LogP contribution in [0.4, 0.5) is 0 Å². The van der Waals surface area contributed by atoms with Crippen molar-refractivity contribution in [3.63, 3.8) is 0 Å². The number of pyridine rings is 1. The molecule has 0 radical (unpaired) electrons. The smallest absolute Gasteiger partial charge is 0.290 e. The van der Waals surface area contributed by atoms with Crippen LogP contribution in [-0.4, -0.2) is 31.6 Å². The van der Waals surface area contributed by atoms with Gasteiger partial charge in [0.05, 0.1) is 30.4 Å². The first-order valence-electron chi connectivity index (χ1n) is 19.6. The van der Waals surface area contributed by atoms with Crippen LogP contribution < -0.4 is 0 Å². The fourth-order valence-electron chi connectivity index (χ4n) is 10.2. The predicted molar refractivity (Wildman–Crippen MR) is 228 cm³/mol. The molecule has 0 bridgehead atoms.